The molecule has 6 rings (SSSR count). The van der Waals surface area contributed by atoms with Crippen LogP contribution < -0.4 is 10.5 Å². The Hall–Kier alpha value is -1.14. The highest BCUT2D eigenvalue weighted by Gasteiger charge is 2.60. The van der Waals surface area contributed by atoms with E-state index in [2.05, 4.69) is 18.2 Å². The van der Waals surface area contributed by atoms with Crippen LogP contribution in [-0.2, 0) is 14.5 Å². The first-order valence-electron chi connectivity index (χ1n) is 12.5. The predicted molar refractivity (Wildman–Crippen MR) is 120 cm³/mol. The van der Waals surface area contributed by atoms with Gasteiger partial charge in [-0.05, 0) is 106 Å². The number of rotatable bonds is 9. The standard InChI is InChI=1S/C26H39NO4/c1-28-26(22-13-18-12-19(15-22)16-23(26)14-18)31-30-24-8-6-20(7-9-24)21-4-2-5-25(17-21)29-11-3-10-27/h2,4-5,17-20,22-24H,3,6-16,27H2,1H3/t18?,19?,20-,22?,23?,24+,26?. The van der Waals surface area contributed by atoms with Crippen LogP contribution in [0.4, 0.5) is 0 Å². The van der Waals surface area contributed by atoms with E-state index in [-0.39, 0.29) is 6.10 Å². The molecule has 0 aliphatic heterocycles. The van der Waals surface area contributed by atoms with Gasteiger partial charge in [0.15, 0.2) is 0 Å². The Morgan fingerprint density at radius 3 is 2.32 bits per heavy atom. The molecule has 4 bridgehead atoms. The van der Waals surface area contributed by atoms with Crippen LogP contribution >= 0.6 is 0 Å². The van der Waals surface area contributed by atoms with Gasteiger partial charge in [0, 0.05) is 18.9 Å². The lowest BCUT2D eigenvalue weighted by Crippen LogP contribution is -2.60. The fourth-order valence-electron chi connectivity index (χ4n) is 7.11. The molecule has 0 spiro atoms. The lowest BCUT2D eigenvalue weighted by atomic mass is 9.53. The van der Waals surface area contributed by atoms with Crippen LogP contribution in [0, 0.1) is 23.7 Å². The molecule has 5 saturated carbocycles. The molecule has 31 heavy (non-hydrogen) atoms. The van der Waals surface area contributed by atoms with Gasteiger partial charge in [-0.25, -0.2) is 9.78 Å². The molecule has 2 N–H and O–H groups in total. The Bertz CT molecular complexity index is 702. The van der Waals surface area contributed by atoms with E-state index in [1.54, 1.807) is 0 Å². The van der Waals surface area contributed by atoms with Crippen molar-refractivity contribution in [3.63, 3.8) is 0 Å². The summed E-state index contributed by atoms with van der Waals surface area (Å²) in [4.78, 5) is 12.4. The van der Waals surface area contributed by atoms with Gasteiger partial charge in [-0.1, -0.05) is 12.1 Å². The van der Waals surface area contributed by atoms with Crippen molar-refractivity contribution in [2.24, 2.45) is 29.4 Å². The minimum atomic E-state index is -0.501. The van der Waals surface area contributed by atoms with Gasteiger partial charge in [-0.3, -0.25) is 0 Å². The topological polar surface area (TPSA) is 62.9 Å². The molecular weight excluding hydrogens is 390 g/mol. The Labute approximate surface area is 186 Å². The lowest BCUT2D eigenvalue weighted by molar-refractivity contribution is -0.485. The van der Waals surface area contributed by atoms with Crippen molar-refractivity contribution in [2.75, 3.05) is 20.3 Å². The largest absolute Gasteiger partial charge is 0.494 e. The highest BCUT2D eigenvalue weighted by atomic mass is 17.2. The molecular formula is C26H39NO4. The fourth-order valence-corrected chi connectivity index (χ4v) is 7.11. The normalized spacial score (nSPS) is 39.0. The van der Waals surface area contributed by atoms with Crippen LogP contribution in [0.3, 0.4) is 0 Å². The fraction of sp³-hybridized carbons (Fsp3) is 0.769. The first kappa shape index (κ1) is 21.7. The van der Waals surface area contributed by atoms with Crippen molar-refractivity contribution in [1.82, 2.24) is 0 Å². The first-order chi connectivity index (χ1) is 15.2. The van der Waals surface area contributed by atoms with Gasteiger partial charge in [0.2, 0.25) is 5.79 Å². The van der Waals surface area contributed by atoms with Gasteiger partial charge < -0.3 is 15.2 Å². The van der Waals surface area contributed by atoms with E-state index in [0.29, 0.717) is 30.9 Å². The molecule has 5 aliphatic carbocycles. The monoisotopic (exact) mass is 429 g/mol. The van der Waals surface area contributed by atoms with Crippen molar-refractivity contribution in [3.8, 4) is 5.75 Å². The summed E-state index contributed by atoms with van der Waals surface area (Å²) in [7, 11) is 1.82. The minimum Gasteiger partial charge on any atom is -0.494 e. The Balaban J connectivity index is 1.13. The predicted octanol–water partition coefficient (Wildman–Crippen LogP) is 5.19. The van der Waals surface area contributed by atoms with Crippen LogP contribution in [0.1, 0.15) is 75.7 Å². The third-order valence-corrected chi connectivity index (χ3v) is 8.53. The summed E-state index contributed by atoms with van der Waals surface area (Å²) >= 11 is 0. The van der Waals surface area contributed by atoms with E-state index in [0.717, 1.165) is 49.7 Å². The van der Waals surface area contributed by atoms with Crippen molar-refractivity contribution in [3.05, 3.63) is 29.8 Å². The van der Waals surface area contributed by atoms with Gasteiger partial charge in [0.25, 0.3) is 0 Å². The highest BCUT2D eigenvalue weighted by molar-refractivity contribution is 5.31. The minimum absolute atomic E-state index is 0.171. The molecule has 5 fully saturated rings. The Morgan fingerprint density at radius 1 is 0.968 bits per heavy atom. The van der Waals surface area contributed by atoms with Crippen LogP contribution in [0.5, 0.6) is 5.75 Å². The van der Waals surface area contributed by atoms with E-state index < -0.39 is 5.79 Å². The SMILES string of the molecule is COC1(OO[C@H]2CC[C@@H](c3cccc(OCCCN)c3)CC2)C2CC3CC(C2)CC1C3. The summed E-state index contributed by atoms with van der Waals surface area (Å²) < 4.78 is 11.9. The van der Waals surface area contributed by atoms with Gasteiger partial charge in [-0.2, -0.15) is 0 Å². The third kappa shape index (κ3) is 4.39. The maximum atomic E-state index is 6.26. The van der Waals surface area contributed by atoms with E-state index in [9.17, 15) is 0 Å². The van der Waals surface area contributed by atoms with Crippen LogP contribution in [0.2, 0.25) is 0 Å². The average molecular weight is 430 g/mol. The van der Waals surface area contributed by atoms with E-state index in [4.69, 9.17) is 25.0 Å². The van der Waals surface area contributed by atoms with Crippen molar-refractivity contribution >= 4 is 0 Å². The average Bonchev–Trinajstić information content (AvgIpc) is 2.80. The second-order valence-corrected chi connectivity index (χ2v) is 10.4. The number of ether oxygens (including phenoxy) is 2. The number of hydrogen-bond donors (Lipinski definition) is 1. The van der Waals surface area contributed by atoms with Gasteiger partial charge in [-0.15, -0.1) is 0 Å². The molecule has 5 nitrogen and oxygen atoms in total. The molecule has 5 aliphatic rings. The molecule has 0 atom stereocenters. The molecule has 0 saturated heterocycles. The van der Waals surface area contributed by atoms with Gasteiger partial charge >= 0.3 is 0 Å². The van der Waals surface area contributed by atoms with E-state index in [1.165, 1.54) is 37.7 Å². The zero-order valence-electron chi connectivity index (χ0n) is 19.0. The zero-order valence-corrected chi connectivity index (χ0v) is 19.0. The number of methoxy groups -OCH3 is 1. The smallest absolute Gasteiger partial charge is 0.207 e. The molecule has 1 aromatic rings. The first-order valence-corrected chi connectivity index (χ1v) is 12.5. The van der Waals surface area contributed by atoms with Crippen molar-refractivity contribution in [1.29, 1.82) is 0 Å². The van der Waals surface area contributed by atoms with E-state index >= 15 is 0 Å². The Morgan fingerprint density at radius 2 is 1.68 bits per heavy atom. The number of benzene rings is 1. The molecule has 0 aromatic heterocycles. The second kappa shape index (κ2) is 9.38. The molecule has 0 heterocycles. The molecule has 5 heteroatoms. The van der Waals surface area contributed by atoms with Gasteiger partial charge in [0.05, 0.1) is 12.7 Å². The summed E-state index contributed by atoms with van der Waals surface area (Å²) in [6.07, 6.45) is 11.8. The maximum Gasteiger partial charge on any atom is 0.207 e. The van der Waals surface area contributed by atoms with Crippen molar-refractivity contribution in [2.45, 2.75) is 82.0 Å². The van der Waals surface area contributed by atoms with Crippen molar-refractivity contribution < 1.29 is 19.2 Å². The molecule has 0 amide bonds. The molecule has 172 valence electrons. The van der Waals surface area contributed by atoms with E-state index in [1.807, 2.05) is 13.2 Å². The van der Waals surface area contributed by atoms with Crippen LogP contribution in [-0.4, -0.2) is 32.2 Å². The summed E-state index contributed by atoms with van der Waals surface area (Å²) in [6, 6.07) is 8.57. The molecule has 1 aromatic carbocycles. The zero-order chi connectivity index (χ0) is 21.3. The quantitative estimate of drug-likeness (QED) is 0.253. The van der Waals surface area contributed by atoms with Crippen LogP contribution in [0.25, 0.3) is 0 Å². The van der Waals surface area contributed by atoms with Crippen LogP contribution in [0.15, 0.2) is 24.3 Å². The molecule has 0 radical (unpaired) electrons. The summed E-state index contributed by atoms with van der Waals surface area (Å²) in [5.41, 5.74) is 6.94. The highest BCUT2D eigenvalue weighted by Crippen LogP contribution is 2.60. The Kier molecular flexibility index (Phi) is 6.57. The second-order valence-electron chi connectivity index (χ2n) is 10.4. The van der Waals surface area contributed by atoms with Gasteiger partial charge in [0.1, 0.15) is 5.75 Å². The summed E-state index contributed by atoms with van der Waals surface area (Å²) in [5.74, 6) is 3.81. The summed E-state index contributed by atoms with van der Waals surface area (Å²) in [5, 5.41) is 0. The number of hydrogen-bond acceptors (Lipinski definition) is 5. The molecule has 0 unspecified atom stereocenters. The third-order valence-electron chi connectivity index (χ3n) is 8.53. The lowest BCUT2D eigenvalue weighted by Gasteiger charge is -2.58. The summed E-state index contributed by atoms with van der Waals surface area (Å²) in [6.45, 7) is 1.35. The number of nitrogens with two attached hydrogens (primary N) is 1. The maximum absolute atomic E-state index is 6.26.